The minimum Gasteiger partial charge on any atom is -0.465 e. The van der Waals surface area contributed by atoms with Crippen molar-refractivity contribution in [1.29, 1.82) is 0 Å². The molecule has 1 amide bonds. The second-order valence-corrected chi connectivity index (χ2v) is 7.80. The van der Waals surface area contributed by atoms with E-state index in [2.05, 4.69) is 4.90 Å². The highest BCUT2D eigenvalue weighted by molar-refractivity contribution is 5.84. The fourth-order valence-corrected chi connectivity index (χ4v) is 4.44. The van der Waals surface area contributed by atoms with Gasteiger partial charge in [0.2, 0.25) is 5.91 Å². The molecule has 0 radical (unpaired) electrons. The Morgan fingerprint density at radius 1 is 1.11 bits per heavy atom. The van der Waals surface area contributed by atoms with Gasteiger partial charge in [-0.3, -0.25) is 9.69 Å². The molecule has 4 rings (SSSR count). The van der Waals surface area contributed by atoms with Crippen molar-refractivity contribution in [2.75, 3.05) is 19.6 Å². The van der Waals surface area contributed by atoms with Crippen molar-refractivity contribution in [3.05, 3.63) is 59.1 Å². The molecule has 144 valence electrons. The lowest BCUT2D eigenvalue weighted by atomic mass is 9.78. The van der Waals surface area contributed by atoms with Crippen molar-refractivity contribution in [1.82, 2.24) is 9.80 Å². The number of amides is 1. The Balaban J connectivity index is 1.46. The zero-order chi connectivity index (χ0) is 19.0. The molecular formula is C21H24F2N2O2. The van der Waals surface area contributed by atoms with Crippen molar-refractivity contribution in [2.45, 2.75) is 39.3 Å². The van der Waals surface area contributed by atoms with E-state index < -0.39 is 17.0 Å². The average Bonchev–Trinajstić information content (AvgIpc) is 3.23. The van der Waals surface area contributed by atoms with Crippen LogP contribution in [0.15, 0.2) is 34.7 Å². The monoisotopic (exact) mass is 374 g/mol. The van der Waals surface area contributed by atoms with E-state index in [9.17, 15) is 13.6 Å². The van der Waals surface area contributed by atoms with Crippen LogP contribution in [0.25, 0.3) is 0 Å². The Morgan fingerprint density at radius 3 is 2.74 bits per heavy atom. The molecule has 0 unspecified atom stereocenters. The molecule has 1 atom stereocenters. The number of nitrogens with zero attached hydrogens (tertiary/aromatic N) is 2. The SMILES string of the molecule is Cc1ccc(CN2CC[C@@]3(CCCN(Cc4cccc(F)c4F)C3=O)C2)o1. The second-order valence-electron chi connectivity index (χ2n) is 7.80. The van der Waals surface area contributed by atoms with Crippen LogP contribution in [-0.4, -0.2) is 35.3 Å². The molecule has 0 N–H and O–H groups in total. The minimum atomic E-state index is -0.868. The lowest BCUT2D eigenvalue weighted by molar-refractivity contribution is -0.146. The number of hydrogen-bond acceptors (Lipinski definition) is 3. The Kier molecular flexibility index (Phi) is 4.76. The molecular weight excluding hydrogens is 350 g/mol. The van der Waals surface area contributed by atoms with E-state index in [0.29, 0.717) is 19.6 Å². The van der Waals surface area contributed by atoms with Gasteiger partial charge in [0.05, 0.1) is 12.0 Å². The molecule has 2 saturated heterocycles. The van der Waals surface area contributed by atoms with Crippen LogP contribution in [0.5, 0.6) is 0 Å². The van der Waals surface area contributed by atoms with Crippen molar-refractivity contribution in [2.24, 2.45) is 5.41 Å². The van der Waals surface area contributed by atoms with E-state index in [1.165, 1.54) is 6.07 Å². The number of piperidine rings is 1. The van der Waals surface area contributed by atoms with Crippen LogP contribution in [0.4, 0.5) is 8.78 Å². The molecule has 4 nitrogen and oxygen atoms in total. The largest absolute Gasteiger partial charge is 0.465 e. The standard InChI is InChI=1S/C21H24F2N2O2/c1-15-6-7-17(27-15)13-24-11-9-21(14-24)8-3-10-25(20(21)26)12-16-4-2-5-18(22)19(16)23/h2,4-7H,3,8-14H2,1H3/t21-/m0/s1. The van der Waals surface area contributed by atoms with Gasteiger partial charge >= 0.3 is 0 Å². The quantitative estimate of drug-likeness (QED) is 0.815. The smallest absolute Gasteiger partial charge is 0.230 e. The van der Waals surface area contributed by atoms with Crippen molar-refractivity contribution in [3.8, 4) is 0 Å². The first-order valence-electron chi connectivity index (χ1n) is 9.47. The zero-order valence-corrected chi connectivity index (χ0v) is 15.5. The number of carbonyl (C=O) groups is 1. The third kappa shape index (κ3) is 3.50. The van der Waals surface area contributed by atoms with Gasteiger partial charge in [0, 0.05) is 25.2 Å². The molecule has 2 fully saturated rings. The van der Waals surface area contributed by atoms with Gasteiger partial charge in [0.15, 0.2) is 11.6 Å². The van der Waals surface area contributed by atoms with Crippen LogP contribution >= 0.6 is 0 Å². The number of halogens is 2. The van der Waals surface area contributed by atoms with Crippen LogP contribution in [0.1, 0.15) is 36.3 Å². The fourth-order valence-electron chi connectivity index (χ4n) is 4.44. The third-order valence-electron chi connectivity index (χ3n) is 5.83. The highest BCUT2D eigenvalue weighted by Crippen LogP contribution is 2.41. The summed E-state index contributed by atoms with van der Waals surface area (Å²) < 4.78 is 33.2. The van der Waals surface area contributed by atoms with Crippen LogP contribution in [0, 0.1) is 24.0 Å². The summed E-state index contributed by atoms with van der Waals surface area (Å²) in [6.45, 7) is 4.86. The van der Waals surface area contributed by atoms with Crippen LogP contribution in [0.3, 0.4) is 0 Å². The molecule has 27 heavy (non-hydrogen) atoms. The summed E-state index contributed by atoms with van der Waals surface area (Å²) in [7, 11) is 0. The molecule has 3 heterocycles. The number of aryl methyl sites for hydroxylation is 1. The molecule has 2 aromatic rings. The highest BCUT2D eigenvalue weighted by atomic mass is 19.2. The van der Waals surface area contributed by atoms with Gasteiger partial charge in [-0.15, -0.1) is 0 Å². The fraction of sp³-hybridized carbons (Fsp3) is 0.476. The molecule has 2 aliphatic rings. The summed E-state index contributed by atoms with van der Waals surface area (Å²) in [5.74, 6) is 0.136. The van der Waals surface area contributed by atoms with Crippen molar-refractivity contribution >= 4 is 5.91 Å². The van der Waals surface area contributed by atoms with E-state index in [1.807, 2.05) is 19.1 Å². The van der Waals surface area contributed by atoms with Gasteiger partial charge in [-0.25, -0.2) is 8.78 Å². The molecule has 1 aromatic carbocycles. The first kappa shape index (κ1) is 18.2. The predicted molar refractivity (Wildman–Crippen MR) is 96.8 cm³/mol. The maximum absolute atomic E-state index is 14.0. The Morgan fingerprint density at radius 2 is 1.96 bits per heavy atom. The van der Waals surface area contributed by atoms with E-state index in [4.69, 9.17) is 4.42 Å². The molecule has 1 spiro atoms. The zero-order valence-electron chi connectivity index (χ0n) is 15.5. The van der Waals surface area contributed by atoms with E-state index in [-0.39, 0.29) is 18.0 Å². The molecule has 6 heteroatoms. The summed E-state index contributed by atoms with van der Waals surface area (Å²) >= 11 is 0. The number of benzene rings is 1. The van der Waals surface area contributed by atoms with E-state index in [1.54, 1.807) is 11.0 Å². The summed E-state index contributed by atoms with van der Waals surface area (Å²) in [6.07, 6.45) is 2.53. The summed E-state index contributed by atoms with van der Waals surface area (Å²) in [5, 5.41) is 0. The number of carbonyl (C=O) groups excluding carboxylic acids is 1. The Labute approximate surface area is 157 Å². The lowest BCUT2D eigenvalue weighted by Crippen LogP contribution is -2.49. The van der Waals surface area contributed by atoms with Gasteiger partial charge in [-0.1, -0.05) is 12.1 Å². The summed E-state index contributed by atoms with van der Waals surface area (Å²) in [6, 6.07) is 8.06. The number of rotatable bonds is 4. The minimum absolute atomic E-state index is 0.0653. The molecule has 0 aliphatic carbocycles. The maximum atomic E-state index is 14.0. The highest BCUT2D eigenvalue weighted by Gasteiger charge is 2.48. The molecule has 2 aliphatic heterocycles. The van der Waals surface area contributed by atoms with Gasteiger partial charge in [-0.2, -0.15) is 0 Å². The number of furan rings is 1. The normalized spacial score (nSPS) is 23.5. The Hall–Kier alpha value is -2.21. The average molecular weight is 374 g/mol. The first-order chi connectivity index (χ1) is 13.0. The van der Waals surface area contributed by atoms with Gasteiger partial charge in [0.25, 0.3) is 0 Å². The van der Waals surface area contributed by atoms with E-state index >= 15 is 0 Å². The molecule has 1 aromatic heterocycles. The third-order valence-corrected chi connectivity index (χ3v) is 5.83. The van der Waals surface area contributed by atoms with Crippen LogP contribution in [-0.2, 0) is 17.9 Å². The van der Waals surface area contributed by atoms with Crippen molar-refractivity contribution in [3.63, 3.8) is 0 Å². The second kappa shape index (κ2) is 7.08. The summed E-state index contributed by atoms with van der Waals surface area (Å²) in [4.78, 5) is 17.2. The lowest BCUT2D eigenvalue weighted by Gasteiger charge is -2.39. The van der Waals surface area contributed by atoms with Gasteiger partial charge < -0.3 is 9.32 Å². The predicted octanol–water partition coefficient (Wildman–Crippen LogP) is 3.88. The first-order valence-corrected chi connectivity index (χ1v) is 9.47. The number of likely N-dealkylation sites (tertiary alicyclic amines) is 2. The Bertz CT molecular complexity index is 850. The number of hydrogen-bond donors (Lipinski definition) is 0. The summed E-state index contributed by atoms with van der Waals surface area (Å²) in [5.41, 5.74) is -0.176. The van der Waals surface area contributed by atoms with Gasteiger partial charge in [-0.05, 0) is 50.9 Å². The van der Waals surface area contributed by atoms with Crippen LogP contribution in [0.2, 0.25) is 0 Å². The van der Waals surface area contributed by atoms with Crippen LogP contribution < -0.4 is 0 Å². The van der Waals surface area contributed by atoms with E-state index in [0.717, 1.165) is 43.4 Å². The maximum Gasteiger partial charge on any atom is 0.230 e. The molecule has 0 saturated carbocycles. The molecule has 0 bridgehead atoms. The topological polar surface area (TPSA) is 36.7 Å². The van der Waals surface area contributed by atoms with Gasteiger partial charge in [0.1, 0.15) is 11.5 Å². The van der Waals surface area contributed by atoms with Crippen molar-refractivity contribution < 1.29 is 18.0 Å².